The van der Waals surface area contributed by atoms with Gasteiger partial charge in [-0.15, -0.1) is 11.3 Å². The number of hydrogen-bond donors (Lipinski definition) is 1. The summed E-state index contributed by atoms with van der Waals surface area (Å²) in [5.41, 5.74) is 0.541. The first-order valence-corrected chi connectivity index (χ1v) is 5.37. The Bertz CT molecular complexity index is 332. The molecule has 76 valence electrons. The SMILES string of the molecule is Cc1sc(C2CNCCO2)nc1C=O. The molecule has 1 unspecified atom stereocenters. The second kappa shape index (κ2) is 4.16. The maximum absolute atomic E-state index is 10.6. The molecule has 2 heterocycles. The van der Waals surface area contributed by atoms with Gasteiger partial charge in [0.05, 0.1) is 6.61 Å². The second-order valence-electron chi connectivity index (χ2n) is 3.17. The van der Waals surface area contributed by atoms with Gasteiger partial charge < -0.3 is 10.1 Å². The lowest BCUT2D eigenvalue weighted by molar-refractivity contribution is 0.0275. The van der Waals surface area contributed by atoms with Crippen molar-refractivity contribution in [1.82, 2.24) is 10.3 Å². The monoisotopic (exact) mass is 212 g/mol. The zero-order chi connectivity index (χ0) is 9.97. The number of aldehydes is 1. The number of nitrogens with one attached hydrogen (secondary N) is 1. The van der Waals surface area contributed by atoms with Gasteiger partial charge in [0.1, 0.15) is 16.8 Å². The van der Waals surface area contributed by atoms with Gasteiger partial charge in [-0.1, -0.05) is 0 Å². The van der Waals surface area contributed by atoms with E-state index in [0.29, 0.717) is 12.3 Å². The number of nitrogens with zero attached hydrogens (tertiary/aromatic N) is 1. The van der Waals surface area contributed by atoms with Crippen LogP contribution in [-0.4, -0.2) is 31.0 Å². The highest BCUT2D eigenvalue weighted by Crippen LogP contribution is 2.25. The van der Waals surface area contributed by atoms with Crippen LogP contribution in [0.3, 0.4) is 0 Å². The van der Waals surface area contributed by atoms with Gasteiger partial charge in [0.15, 0.2) is 6.29 Å². The molecule has 1 aromatic rings. The molecule has 1 saturated heterocycles. The summed E-state index contributed by atoms with van der Waals surface area (Å²) >= 11 is 1.54. The Morgan fingerprint density at radius 1 is 1.71 bits per heavy atom. The van der Waals surface area contributed by atoms with Crippen molar-refractivity contribution in [3.63, 3.8) is 0 Å². The van der Waals surface area contributed by atoms with Gasteiger partial charge in [0.2, 0.25) is 0 Å². The Hall–Kier alpha value is -0.780. The molecule has 1 atom stereocenters. The smallest absolute Gasteiger partial charge is 0.169 e. The van der Waals surface area contributed by atoms with E-state index < -0.39 is 0 Å². The molecule has 1 aromatic heterocycles. The molecule has 0 radical (unpaired) electrons. The van der Waals surface area contributed by atoms with E-state index in [0.717, 1.165) is 29.3 Å². The molecule has 0 saturated carbocycles. The molecule has 1 aliphatic rings. The summed E-state index contributed by atoms with van der Waals surface area (Å²) in [6.45, 7) is 4.29. The predicted octanol–water partition coefficient (Wildman–Crippen LogP) is 0.925. The van der Waals surface area contributed by atoms with E-state index in [1.165, 1.54) is 11.3 Å². The summed E-state index contributed by atoms with van der Waals surface area (Å²) in [4.78, 5) is 15.8. The highest BCUT2D eigenvalue weighted by molar-refractivity contribution is 7.11. The van der Waals surface area contributed by atoms with Crippen molar-refractivity contribution >= 4 is 17.6 Å². The van der Waals surface area contributed by atoms with Crippen LogP contribution >= 0.6 is 11.3 Å². The number of hydrogen-bond acceptors (Lipinski definition) is 5. The molecule has 0 amide bonds. The molecule has 1 N–H and O–H groups in total. The van der Waals surface area contributed by atoms with E-state index >= 15 is 0 Å². The number of carbonyl (C=O) groups is 1. The van der Waals surface area contributed by atoms with Gasteiger partial charge in [-0.3, -0.25) is 4.79 Å². The molecule has 2 rings (SSSR count). The predicted molar refractivity (Wildman–Crippen MR) is 53.8 cm³/mol. The molecule has 1 fully saturated rings. The molecular weight excluding hydrogens is 200 g/mol. The van der Waals surface area contributed by atoms with Crippen molar-refractivity contribution in [2.45, 2.75) is 13.0 Å². The molecule has 14 heavy (non-hydrogen) atoms. The number of rotatable bonds is 2. The Labute approximate surface area is 86.3 Å². The van der Waals surface area contributed by atoms with E-state index in [-0.39, 0.29) is 6.10 Å². The van der Waals surface area contributed by atoms with Gasteiger partial charge in [-0.05, 0) is 6.92 Å². The Balaban J connectivity index is 2.18. The van der Waals surface area contributed by atoms with Crippen LogP contribution in [0.1, 0.15) is 26.5 Å². The van der Waals surface area contributed by atoms with Crippen molar-refractivity contribution in [2.24, 2.45) is 0 Å². The number of morpholine rings is 1. The van der Waals surface area contributed by atoms with Gasteiger partial charge in [0.25, 0.3) is 0 Å². The first kappa shape index (κ1) is 9.76. The molecule has 1 aliphatic heterocycles. The minimum absolute atomic E-state index is 0.0150. The largest absolute Gasteiger partial charge is 0.368 e. The normalized spacial score (nSPS) is 22.2. The third-order valence-electron chi connectivity index (χ3n) is 2.16. The molecule has 0 spiro atoms. The van der Waals surface area contributed by atoms with Crippen LogP contribution in [0.4, 0.5) is 0 Å². The Morgan fingerprint density at radius 3 is 3.14 bits per heavy atom. The van der Waals surface area contributed by atoms with E-state index in [1.807, 2.05) is 6.92 Å². The van der Waals surface area contributed by atoms with E-state index in [1.54, 1.807) is 0 Å². The van der Waals surface area contributed by atoms with Crippen molar-refractivity contribution < 1.29 is 9.53 Å². The zero-order valence-electron chi connectivity index (χ0n) is 7.95. The molecule has 4 nitrogen and oxygen atoms in total. The molecule has 0 aromatic carbocycles. The van der Waals surface area contributed by atoms with Gasteiger partial charge in [0, 0.05) is 18.0 Å². The topological polar surface area (TPSA) is 51.2 Å². The summed E-state index contributed by atoms with van der Waals surface area (Å²) < 4.78 is 5.55. The minimum atomic E-state index is 0.0150. The van der Waals surface area contributed by atoms with E-state index in [4.69, 9.17) is 4.74 Å². The summed E-state index contributed by atoms with van der Waals surface area (Å²) in [6, 6.07) is 0. The lowest BCUT2D eigenvalue weighted by Crippen LogP contribution is -2.33. The average molecular weight is 212 g/mol. The number of thiazole rings is 1. The van der Waals surface area contributed by atoms with Crippen molar-refractivity contribution in [1.29, 1.82) is 0 Å². The summed E-state index contributed by atoms with van der Waals surface area (Å²) in [5.74, 6) is 0. The molecule has 0 bridgehead atoms. The quantitative estimate of drug-likeness (QED) is 0.741. The van der Waals surface area contributed by atoms with Crippen molar-refractivity contribution in [3.05, 3.63) is 15.6 Å². The highest BCUT2D eigenvalue weighted by Gasteiger charge is 2.20. The number of aromatic nitrogens is 1. The van der Waals surface area contributed by atoms with E-state index in [9.17, 15) is 4.79 Å². The van der Waals surface area contributed by atoms with Gasteiger partial charge in [-0.25, -0.2) is 4.98 Å². The second-order valence-corrected chi connectivity index (χ2v) is 4.41. The van der Waals surface area contributed by atoms with Crippen molar-refractivity contribution in [3.8, 4) is 0 Å². The third-order valence-corrected chi connectivity index (χ3v) is 3.24. The lowest BCUT2D eigenvalue weighted by Gasteiger charge is -2.21. The third kappa shape index (κ3) is 1.84. The van der Waals surface area contributed by atoms with Crippen LogP contribution in [0.2, 0.25) is 0 Å². The fourth-order valence-corrected chi connectivity index (χ4v) is 2.34. The van der Waals surface area contributed by atoms with Gasteiger partial charge in [-0.2, -0.15) is 0 Å². The average Bonchev–Trinajstić information content (AvgIpc) is 2.61. The molecular formula is C9H12N2O2S. The highest BCUT2D eigenvalue weighted by atomic mass is 32.1. The maximum atomic E-state index is 10.6. The van der Waals surface area contributed by atoms with Crippen LogP contribution in [0.25, 0.3) is 0 Å². The van der Waals surface area contributed by atoms with Crippen LogP contribution in [-0.2, 0) is 4.74 Å². The number of carbonyl (C=O) groups excluding carboxylic acids is 1. The number of ether oxygens (including phenoxy) is 1. The summed E-state index contributed by atoms with van der Waals surface area (Å²) in [7, 11) is 0. The van der Waals surface area contributed by atoms with E-state index in [2.05, 4.69) is 10.3 Å². The fourth-order valence-electron chi connectivity index (χ4n) is 1.40. The van der Waals surface area contributed by atoms with Crippen LogP contribution in [0, 0.1) is 6.92 Å². The van der Waals surface area contributed by atoms with Crippen molar-refractivity contribution in [2.75, 3.05) is 19.7 Å². The first-order chi connectivity index (χ1) is 6.81. The minimum Gasteiger partial charge on any atom is -0.368 e. The Kier molecular flexibility index (Phi) is 2.90. The Morgan fingerprint density at radius 2 is 2.57 bits per heavy atom. The summed E-state index contributed by atoms with van der Waals surface area (Å²) in [5, 5.41) is 4.13. The number of aryl methyl sites for hydroxylation is 1. The van der Waals surface area contributed by atoms with Crippen LogP contribution < -0.4 is 5.32 Å². The zero-order valence-corrected chi connectivity index (χ0v) is 8.76. The fraction of sp³-hybridized carbons (Fsp3) is 0.556. The molecule has 0 aliphatic carbocycles. The maximum Gasteiger partial charge on any atom is 0.169 e. The summed E-state index contributed by atoms with van der Waals surface area (Å²) in [6.07, 6.45) is 0.812. The standard InChI is InChI=1S/C9H12N2O2S/c1-6-7(5-12)11-9(14-6)8-4-10-2-3-13-8/h5,8,10H,2-4H2,1H3. The van der Waals surface area contributed by atoms with Crippen LogP contribution in [0.15, 0.2) is 0 Å². The molecule has 5 heteroatoms. The van der Waals surface area contributed by atoms with Gasteiger partial charge >= 0.3 is 0 Å². The van der Waals surface area contributed by atoms with Crippen LogP contribution in [0.5, 0.6) is 0 Å². The lowest BCUT2D eigenvalue weighted by atomic mass is 10.3. The first-order valence-electron chi connectivity index (χ1n) is 4.56.